The summed E-state index contributed by atoms with van der Waals surface area (Å²) in [5.41, 5.74) is 6.67. The van der Waals surface area contributed by atoms with Gasteiger partial charge in [-0.05, 0) is 44.0 Å². The SMILES string of the molecule is CCS(=O)(=O)N1CC[C@H](n2c(=O)n(C)c3cnc4ccc(-c5ccc(-c6c[nH]nc6C)nc5)cc4c32)C1. The van der Waals surface area contributed by atoms with Gasteiger partial charge in [0.25, 0.3) is 0 Å². The molecule has 5 aromatic rings. The quantitative estimate of drug-likeness (QED) is 0.382. The van der Waals surface area contributed by atoms with E-state index in [1.165, 1.54) is 4.31 Å². The van der Waals surface area contributed by atoms with Crippen molar-refractivity contribution in [2.75, 3.05) is 18.8 Å². The normalized spacial score (nSPS) is 16.8. The maximum Gasteiger partial charge on any atom is 0.329 e. The van der Waals surface area contributed by atoms with Crippen molar-refractivity contribution in [2.24, 2.45) is 7.05 Å². The molecule has 1 saturated heterocycles. The third-order valence-corrected chi connectivity index (χ3v) is 9.22. The summed E-state index contributed by atoms with van der Waals surface area (Å²) in [5, 5.41) is 7.88. The van der Waals surface area contributed by atoms with E-state index in [-0.39, 0.29) is 24.0 Å². The maximum absolute atomic E-state index is 13.4. The molecule has 1 aromatic carbocycles. The van der Waals surface area contributed by atoms with Crippen molar-refractivity contribution in [3.05, 3.63) is 65.1 Å². The summed E-state index contributed by atoms with van der Waals surface area (Å²) in [7, 11) is -1.59. The molecule has 37 heavy (non-hydrogen) atoms. The van der Waals surface area contributed by atoms with Crippen molar-refractivity contribution < 1.29 is 8.42 Å². The van der Waals surface area contributed by atoms with Crippen LogP contribution in [0.3, 0.4) is 0 Å². The predicted octanol–water partition coefficient (Wildman–Crippen LogP) is 3.25. The van der Waals surface area contributed by atoms with Gasteiger partial charge in [0.1, 0.15) is 0 Å². The number of H-pyrrole nitrogens is 1. The average Bonchev–Trinajstić information content (AvgIpc) is 3.63. The van der Waals surface area contributed by atoms with Crippen molar-refractivity contribution in [3.63, 3.8) is 0 Å². The molecule has 0 amide bonds. The molecule has 0 spiro atoms. The second-order valence-electron chi connectivity index (χ2n) is 9.45. The molecular weight excluding hydrogens is 490 g/mol. The lowest BCUT2D eigenvalue weighted by molar-refractivity contribution is 0.451. The summed E-state index contributed by atoms with van der Waals surface area (Å²) < 4.78 is 29.8. The van der Waals surface area contributed by atoms with Gasteiger partial charge in [-0.15, -0.1) is 0 Å². The molecule has 6 rings (SSSR count). The molecule has 0 saturated carbocycles. The van der Waals surface area contributed by atoms with E-state index in [9.17, 15) is 13.2 Å². The zero-order valence-corrected chi connectivity index (χ0v) is 21.7. The molecule has 1 aliphatic rings. The fraction of sp³-hybridized carbons (Fsp3) is 0.308. The summed E-state index contributed by atoms with van der Waals surface area (Å²) in [6.45, 7) is 4.28. The molecule has 5 heterocycles. The van der Waals surface area contributed by atoms with Crippen molar-refractivity contribution in [1.29, 1.82) is 0 Å². The minimum atomic E-state index is -3.32. The molecule has 0 bridgehead atoms. The molecule has 0 aliphatic carbocycles. The number of fused-ring (bicyclic) bond motifs is 3. The van der Waals surface area contributed by atoms with Crippen LogP contribution in [0.2, 0.25) is 0 Å². The van der Waals surface area contributed by atoms with Gasteiger partial charge in [-0.25, -0.2) is 13.2 Å². The zero-order valence-electron chi connectivity index (χ0n) is 20.8. The molecule has 0 radical (unpaired) electrons. The highest BCUT2D eigenvalue weighted by molar-refractivity contribution is 7.89. The van der Waals surface area contributed by atoms with Gasteiger partial charge >= 0.3 is 5.69 Å². The second-order valence-corrected chi connectivity index (χ2v) is 11.7. The first-order valence-electron chi connectivity index (χ1n) is 12.2. The molecule has 1 N–H and O–H groups in total. The first-order valence-corrected chi connectivity index (χ1v) is 13.8. The van der Waals surface area contributed by atoms with E-state index in [4.69, 9.17) is 0 Å². The van der Waals surface area contributed by atoms with Crippen molar-refractivity contribution >= 4 is 32.0 Å². The summed E-state index contributed by atoms with van der Waals surface area (Å²) in [6.07, 6.45) is 5.97. The van der Waals surface area contributed by atoms with Crippen LogP contribution in [0, 0.1) is 6.92 Å². The first kappa shape index (κ1) is 23.6. The second kappa shape index (κ2) is 8.63. The lowest BCUT2D eigenvalue weighted by Crippen LogP contribution is -2.32. The molecular formula is C26H27N7O3S. The largest absolute Gasteiger partial charge is 0.329 e. The predicted molar refractivity (Wildman–Crippen MR) is 143 cm³/mol. The third kappa shape index (κ3) is 3.77. The molecule has 1 fully saturated rings. The Kier molecular flexibility index (Phi) is 5.50. The maximum atomic E-state index is 13.4. The van der Waals surface area contributed by atoms with Crippen LogP contribution in [0.5, 0.6) is 0 Å². The van der Waals surface area contributed by atoms with Crippen LogP contribution in [0.4, 0.5) is 0 Å². The zero-order chi connectivity index (χ0) is 25.9. The Morgan fingerprint density at radius 2 is 1.92 bits per heavy atom. The number of aryl methyl sites for hydroxylation is 2. The standard InChI is InChI=1S/C26H27N7O3S/c1-4-37(35,36)32-10-9-19(15-32)33-25-20-11-17(5-7-22(20)28-14-24(25)31(3)26(33)34)18-6-8-23(27-12-18)21-13-29-30-16(21)2/h5-8,11-14,19H,4,9-10,15H2,1-3H3,(H,29,30)/t19-/m0/s1. The highest BCUT2D eigenvalue weighted by Crippen LogP contribution is 2.33. The van der Waals surface area contributed by atoms with Gasteiger partial charge in [0.15, 0.2) is 0 Å². The van der Waals surface area contributed by atoms with E-state index in [0.29, 0.717) is 13.0 Å². The Morgan fingerprint density at radius 1 is 1.11 bits per heavy atom. The van der Waals surface area contributed by atoms with Gasteiger partial charge in [0.05, 0.1) is 45.9 Å². The van der Waals surface area contributed by atoms with Crippen LogP contribution in [0.15, 0.2) is 53.7 Å². The Balaban J connectivity index is 1.47. The molecule has 1 atom stereocenters. The minimum Gasteiger partial charge on any atom is -0.293 e. The fourth-order valence-corrected chi connectivity index (χ4v) is 6.39. The number of nitrogens with one attached hydrogen (secondary N) is 1. The number of sulfonamides is 1. The topological polar surface area (TPSA) is 119 Å². The van der Waals surface area contributed by atoms with Gasteiger partial charge in [0, 0.05) is 49.0 Å². The van der Waals surface area contributed by atoms with Crippen LogP contribution in [-0.4, -0.2) is 60.9 Å². The average molecular weight is 518 g/mol. The van der Waals surface area contributed by atoms with Gasteiger partial charge in [0.2, 0.25) is 10.0 Å². The Morgan fingerprint density at radius 3 is 2.62 bits per heavy atom. The molecule has 1 aliphatic heterocycles. The van der Waals surface area contributed by atoms with Crippen molar-refractivity contribution in [2.45, 2.75) is 26.3 Å². The first-order chi connectivity index (χ1) is 17.8. The fourth-order valence-electron chi connectivity index (χ4n) is 5.24. The number of hydrogen-bond donors (Lipinski definition) is 1. The molecule has 190 valence electrons. The van der Waals surface area contributed by atoms with E-state index in [2.05, 4.69) is 20.2 Å². The van der Waals surface area contributed by atoms with Gasteiger partial charge in [-0.1, -0.05) is 12.1 Å². The molecule has 11 heteroatoms. The summed E-state index contributed by atoms with van der Waals surface area (Å²) >= 11 is 0. The molecule has 4 aromatic heterocycles. The number of hydrogen-bond acceptors (Lipinski definition) is 6. The van der Waals surface area contributed by atoms with Crippen LogP contribution in [0.1, 0.15) is 25.1 Å². The van der Waals surface area contributed by atoms with Crippen LogP contribution >= 0.6 is 0 Å². The Bertz CT molecular complexity index is 1820. The van der Waals surface area contributed by atoms with Gasteiger partial charge in [-0.3, -0.25) is 24.2 Å². The smallest absolute Gasteiger partial charge is 0.293 e. The lowest BCUT2D eigenvalue weighted by Gasteiger charge is -2.16. The minimum absolute atomic E-state index is 0.0490. The van der Waals surface area contributed by atoms with Gasteiger partial charge in [-0.2, -0.15) is 9.40 Å². The number of benzene rings is 1. The Labute approximate surface area is 213 Å². The van der Waals surface area contributed by atoms with E-state index in [1.807, 2.05) is 49.6 Å². The number of rotatable bonds is 5. The number of pyridine rings is 2. The van der Waals surface area contributed by atoms with E-state index >= 15 is 0 Å². The van der Waals surface area contributed by atoms with E-state index in [1.54, 1.807) is 29.3 Å². The highest BCUT2D eigenvalue weighted by Gasteiger charge is 2.33. The number of aromatic nitrogens is 6. The van der Waals surface area contributed by atoms with Crippen LogP contribution in [-0.2, 0) is 17.1 Å². The summed E-state index contributed by atoms with van der Waals surface area (Å²) in [4.78, 5) is 22.6. The van der Waals surface area contributed by atoms with E-state index in [0.717, 1.165) is 50.0 Å². The van der Waals surface area contributed by atoms with Crippen molar-refractivity contribution in [3.8, 4) is 22.4 Å². The van der Waals surface area contributed by atoms with E-state index < -0.39 is 10.0 Å². The van der Waals surface area contributed by atoms with Gasteiger partial charge < -0.3 is 0 Å². The Hall–Kier alpha value is -3.83. The molecule has 0 unspecified atom stereocenters. The summed E-state index contributed by atoms with van der Waals surface area (Å²) in [6, 6.07) is 9.73. The van der Waals surface area contributed by atoms with Crippen molar-refractivity contribution in [1.82, 2.24) is 33.6 Å². The van der Waals surface area contributed by atoms with Crippen LogP contribution < -0.4 is 5.69 Å². The lowest BCUT2D eigenvalue weighted by atomic mass is 10.0. The number of imidazole rings is 1. The monoisotopic (exact) mass is 517 g/mol. The summed E-state index contributed by atoms with van der Waals surface area (Å²) in [5.74, 6) is 0.0490. The number of nitrogens with zero attached hydrogens (tertiary/aromatic N) is 6. The number of aromatic amines is 1. The van der Waals surface area contributed by atoms with Crippen LogP contribution in [0.25, 0.3) is 44.3 Å². The molecule has 10 nitrogen and oxygen atoms in total. The third-order valence-electron chi connectivity index (χ3n) is 7.37. The highest BCUT2D eigenvalue weighted by atomic mass is 32.2.